The van der Waals surface area contributed by atoms with Gasteiger partial charge in [-0.15, -0.1) is 0 Å². The summed E-state index contributed by atoms with van der Waals surface area (Å²) in [5, 5.41) is 0. The molecule has 0 saturated carbocycles. The lowest BCUT2D eigenvalue weighted by Crippen LogP contribution is -2.53. The van der Waals surface area contributed by atoms with Crippen molar-refractivity contribution in [2.75, 3.05) is 6.54 Å². The number of unbranched alkanes of at least 4 members (excludes halogenated alkanes) is 1. The maximum Gasteiger partial charge on any atom is 0.198 e. The van der Waals surface area contributed by atoms with Crippen molar-refractivity contribution in [3.63, 3.8) is 0 Å². The first kappa shape index (κ1) is 14.2. The molecule has 0 aliphatic heterocycles. The third-order valence-corrected chi connectivity index (χ3v) is 5.22. The lowest BCUT2D eigenvalue weighted by molar-refractivity contribution is 0.479. The van der Waals surface area contributed by atoms with Crippen molar-refractivity contribution >= 4 is 9.84 Å². The van der Waals surface area contributed by atoms with Crippen LogP contribution >= 0.6 is 0 Å². The lowest BCUT2D eigenvalue weighted by Gasteiger charge is -2.27. The summed E-state index contributed by atoms with van der Waals surface area (Å²) in [6.07, 6.45) is 2.03. The average molecular weight is 256 g/mol. The Bertz CT molecular complexity index is 445. The quantitative estimate of drug-likeness (QED) is 0.802. The standard InChI is InChI=1S/C12H20N2O2S/c1-2-3-9-12(14,10-13)17(15,16)11-7-5-4-6-8-11/h4-8H,2-3,9-10,13-14H2,1H3. The average Bonchev–Trinajstić information content (AvgIpc) is 2.36. The summed E-state index contributed by atoms with van der Waals surface area (Å²) in [6, 6.07) is 8.25. The zero-order valence-electron chi connectivity index (χ0n) is 10.1. The highest BCUT2D eigenvalue weighted by Gasteiger charge is 2.39. The molecular weight excluding hydrogens is 236 g/mol. The first-order valence-electron chi connectivity index (χ1n) is 5.76. The fourth-order valence-electron chi connectivity index (χ4n) is 1.66. The van der Waals surface area contributed by atoms with Gasteiger partial charge in [-0.3, -0.25) is 0 Å². The topological polar surface area (TPSA) is 86.2 Å². The molecular formula is C12H20N2O2S. The van der Waals surface area contributed by atoms with E-state index in [1.807, 2.05) is 6.92 Å². The highest BCUT2D eigenvalue weighted by molar-refractivity contribution is 7.92. The van der Waals surface area contributed by atoms with Gasteiger partial charge < -0.3 is 11.5 Å². The van der Waals surface area contributed by atoms with Crippen molar-refractivity contribution in [1.29, 1.82) is 0 Å². The molecule has 0 aliphatic rings. The number of nitrogens with two attached hydrogens (primary N) is 2. The molecule has 0 bridgehead atoms. The molecule has 4 nitrogen and oxygen atoms in total. The van der Waals surface area contributed by atoms with E-state index in [1.165, 1.54) is 0 Å². The smallest absolute Gasteiger partial charge is 0.198 e. The molecule has 0 heterocycles. The molecule has 0 aromatic heterocycles. The minimum absolute atomic E-state index is 0.0653. The first-order chi connectivity index (χ1) is 7.98. The van der Waals surface area contributed by atoms with Gasteiger partial charge in [0, 0.05) is 6.54 Å². The van der Waals surface area contributed by atoms with E-state index in [0.717, 1.165) is 12.8 Å². The Morgan fingerprint density at radius 1 is 1.24 bits per heavy atom. The predicted molar refractivity (Wildman–Crippen MR) is 69.1 cm³/mol. The van der Waals surface area contributed by atoms with Crippen molar-refractivity contribution < 1.29 is 8.42 Å². The largest absolute Gasteiger partial charge is 0.328 e. The molecule has 0 spiro atoms. The molecule has 1 rings (SSSR count). The van der Waals surface area contributed by atoms with E-state index < -0.39 is 14.7 Å². The molecule has 0 amide bonds. The Morgan fingerprint density at radius 3 is 2.29 bits per heavy atom. The van der Waals surface area contributed by atoms with E-state index in [0.29, 0.717) is 6.42 Å². The highest BCUT2D eigenvalue weighted by Crippen LogP contribution is 2.25. The van der Waals surface area contributed by atoms with E-state index in [9.17, 15) is 8.42 Å². The number of hydrogen-bond acceptors (Lipinski definition) is 4. The molecule has 4 N–H and O–H groups in total. The van der Waals surface area contributed by atoms with Crippen LogP contribution in [0.1, 0.15) is 26.2 Å². The summed E-state index contributed by atoms with van der Waals surface area (Å²) in [5.41, 5.74) is 11.5. The molecule has 17 heavy (non-hydrogen) atoms. The maximum absolute atomic E-state index is 12.4. The number of benzene rings is 1. The molecule has 0 saturated heterocycles. The second-order valence-electron chi connectivity index (χ2n) is 4.19. The Balaban J connectivity index is 3.11. The van der Waals surface area contributed by atoms with Crippen molar-refractivity contribution in [2.24, 2.45) is 11.5 Å². The zero-order chi connectivity index (χ0) is 12.9. The fraction of sp³-hybridized carbons (Fsp3) is 0.500. The summed E-state index contributed by atoms with van der Waals surface area (Å²) in [4.78, 5) is -1.12. The molecule has 0 fully saturated rings. The van der Waals surface area contributed by atoms with Crippen LogP contribution in [0.25, 0.3) is 0 Å². The maximum atomic E-state index is 12.4. The Labute approximate surface area is 103 Å². The fourth-order valence-corrected chi connectivity index (χ4v) is 3.27. The molecule has 96 valence electrons. The Kier molecular flexibility index (Phi) is 4.68. The van der Waals surface area contributed by atoms with Crippen LogP contribution < -0.4 is 11.5 Å². The molecule has 0 radical (unpaired) electrons. The van der Waals surface area contributed by atoms with Gasteiger partial charge in [-0.1, -0.05) is 38.0 Å². The first-order valence-corrected chi connectivity index (χ1v) is 7.25. The monoisotopic (exact) mass is 256 g/mol. The van der Waals surface area contributed by atoms with Gasteiger partial charge in [-0.05, 0) is 18.6 Å². The summed E-state index contributed by atoms with van der Waals surface area (Å²) in [5.74, 6) is 0. The minimum atomic E-state index is -3.57. The Morgan fingerprint density at radius 2 is 1.82 bits per heavy atom. The number of hydrogen-bond donors (Lipinski definition) is 2. The van der Waals surface area contributed by atoms with Crippen molar-refractivity contribution in [3.8, 4) is 0 Å². The summed E-state index contributed by atoms with van der Waals surface area (Å²) in [7, 11) is -3.57. The van der Waals surface area contributed by atoms with Crippen molar-refractivity contribution in [2.45, 2.75) is 36.0 Å². The Hall–Kier alpha value is -0.910. The van der Waals surface area contributed by atoms with Gasteiger partial charge in [0.25, 0.3) is 0 Å². The van der Waals surface area contributed by atoms with Crippen molar-refractivity contribution in [1.82, 2.24) is 0 Å². The van der Waals surface area contributed by atoms with Gasteiger partial charge in [0.1, 0.15) is 4.87 Å². The van der Waals surface area contributed by atoms with Crippen LogP contribution in [-0.2, 0) is 9.84 Å². The van der Waals surface area contributed by atoms with Crippen LogP contribution in [0, 0.1) is 0 Å². The summed E-state index contributed by atoms with van der Waals surface area (Å²) < 4.78 is 24.8. The van der Waals surface area contributed by atoms with Gasteiger partial charge in [0.15, 0.2) is 9.84 Å². The van der Waals surface area contributed by atoms with E-state index in [4.69, 9.17) is 11.5 Å². The lowest BCUT2D eigenvalue weighted by atomic mass is 10.1. The summed E-state index contributed by atoms with van der Waals surface area (Å²) >= 11 is 0. The van der Waals surface area contributed by atoms with Gasteiger partial charge >= 0.3 is 0 Å². The van der Waals surface area contributed by atoms with Gasteiger partial charge in [0.2, 0.25) is 0 Å². The van der Waals surface area contributed by atoms with Crippen LogP contribution in [0.3, 0.4) is 0 Å². The molecule has 0 aliphatic carbocycles. The SMILES string of the molecule is CCCCC(N)(CN)S(=O)(=O)c1ccccc1. The van der Waals surface area contributed by atoms with Crippen LogP contribution in [0.2, 0.25) is 0 Å². The number of rotatable bonds is 6. The second-order valence-corrected chi connectivity index (χ2v) is 6.48. The van der Waals surface area contributed by atoms with Crippen molar-refractivity contribution in [3.05, 3.63) is 30.3 Å². The zero-order valence-corrected chi connectivity index (χ0v) is 10.9. The predicted octanol–water partition coefficient (Wildman–Crippen LogP) is 1.26. The molecule has 1 aromatic rings. The summed E-state index contributed by atoms with van der Waals surface area (Å²) in [6.45, 7) is 1.93. The third kappa shape index (κ3) is 2.86. The second kappa shape index (κ2) is 5.62. The van der Waals surface area contributed by atoms with Crippen LogP contribution in [0.15, 0.2) is 35.2 Å². The van der Waals surface area contributed by atoms with Crippen LogP contribution in [0.4, 0.5) is 0 Å². The van der Waals surface area contributed by atoms with E-state index in [1.54, 1.807) is 30.3 Å². The molecule has 5 heteroatoms. The van der Waals surface area contributed by atoms with Gasteiger partial charge in [-0.25, -0.2) is 8.42 Å². The van der Waals surface area contributed by atoms with E-state index in [-0.39, 0.29) is 11.4 Å². The van der Waals surface area contributed by atoms with Gasteiger partial charge in [0.05, 0.1) is 4.90 Å². The van der Waals surface area contributed by atoms with Crippen LogP contribution in [-0.4, -0.2) is 19.8 Å². The molecule has 1 atom stereocenters. The molecule has 1 aromatic carbocycles. The highest BCUT2D eigenvalue weighted by atomic mass is 32.2. The third-order valence-electron chi connectivity index (χ3n) is 2.89. The number of sulfone groups is 1. The van der Waals surface area contributed by atoms with Gasteiger partial charge in [-0.2, -0.15) is 0 Å². The molecule has 1 unspecified atom stereocenters. The minimum Gasteiger partial charge on any atom is -0.328 e. The normalized spacial score (nSPS) is 15.5. The van der Waals surface area contributed by atoms with Crippen LogP contribution in [0.5, 0.6) is 0 Å². The van der Waals surface area contributed by atoms with E-state index in [2.05, 4.69) is 0 Å². The van der Waals surface area contributed by atoms with E-state index >= 15 is 0 Å².